The molecule has 0 aromatic carbocycles. The number of nitrogens with zero attached hydrogens (tertiary/aromatic N) is 1. The van der Waals surface area contributed by atoms with E-state index in [0.717, 1.165) is 0 Å². The lowest BCUT2D eigenvalue weighted by Gasteiger charge is -2.15. The summed E-state index contributed by atoms with van der Waals surface area (Å²) in [6.45, 7) is 0.160. The van der Waals surface area contributed by atoms with Gasteiger partial charge in [-0.2, -0.15) is 0 Å². The summed E-state index contributed by atoms with van der Waals surface area (Å²) >= 11 is 3.21. The van der Waals surface area contributed by atoms with Gasteiger partial charge in [-0.05, 0) is 22.0 Å². The van der Waals surface area contributed by atoms with Crippen molar-refractivity contribution in [1.29, 1.82) is 0 Å². The van der Waals surface area contributed by atoms with Gasteiger partial charge in [-0.3, -0.25) is 14.4 Å². The number of hydrogen-bond acceptors (Lipinski definition) is 3. The fraction of sp³-hybridized carbons (Fsp3) is 0.300. The molecule has 0 spiro atoms. The Balaban J connectivity index is 2.35. The summed E-state index contributed by atoms with van der Waals surface area (Å²) in [6, 6.07) is 1.54. The molecule has 1 fully saturated rings. The third-order valence-corrected chi connectivity index (χ3v) is 3.12. The van der Waals surface area contributed by atoms with E-state index in [2.05, 4.69) is 20.9 Å². The van der Waals surface area contributed by atoms with E-state index < -0.39 is 11.8 Å². The van der Waals surface area contributed by atoms with Crippen LogP contribution in [-0.2, 0) is 9.59 Å². The number of aromatic amines is 1. The molecule has 1 atom stereocenters. The third-order valence-electron chi connectivity index (χ3n) is 2.67. The molecule has 2 heterocycles. The van der Waals surface area contributed by atoms with Gasteiger partial charge in [0.1, 0.15) is 5.69 Å². The fourth-order valence-electron chi connectivity index (χ4n) is 1.78. The lowest BCUT2D eigenvalue weighted by Crippen LogP contribution is -2.32. The number of aromatic nitrogens is 1. The first-order chi connectivity index (χ1) is 7.99. The highest BCUT2D eigenvalue weighted by atomic mass is 79.9. The predicted octanol–water partition coefficient (Wildman–Crippen LogP) is -0.0244. The van der Waals surface area contributed by atoms with Crippen LogP contribution >= 0.6 is 15.9 Å². The van der Waals surface area contributed by atoms with Crippen molar-refractivity contribution in [2.75, 3.05) is 11.4 Å². The number of pyridine rings is 1. The van der Waals surface area contributed by atoms with Crippen LogP contribution in [0.2, 0.25) is 0 Å². The van der Waals surface area contributed by atoms with Crippen molar-refractivity contribution >= 4 is 33.4 Å². The summed E-state index contributed by atoms with van der Waals surface area (Å²) < 4.78 is 0.655. The maximum absolute atomic E-state index is 11.7. The van der Waals surface area contributed by atoms with Crippen molar-refractivity contribution in [3.05, 3.63) is 27.1 Å². The first-order valence-electron chi connectivity index (χ1n) is 4.97. The van der Waals surface area contributed by atoms with Crippen molar-refractivity contribution in [2.24, 2.45) is 11.7 Å². The Kier molecular flexibility index (Phi) is 3.01. The van der Waals surface area contributed by atoms with Crippen LogP contribution in [0.5, 0.6) is 0 Å². The average molecular weight is 300 g/mol. The van der Waals surface area contributed by atoms with E-state index in [1.165, 1.54) is 11.1 Å². The molecule has 7 heteroatoms. The monoisotopic (exact) mass is 299 g/mol. The summed E-state index contributed by atoms with van der Waals surface area (Å²) in [5.41, 5.74) is 5.02. The lowest BCUT2D eigenvalue weighted by atomic mass is 10.1. The Morgan fingerprint density at radius 3 is 2.82 bits per heavy atom. The van der Waals surface area contributed by atoms with Crippen molar-refractivity contribution in [3.8, 4) is 0 Å². The third kappa shape index (κ3) is 2.23. The van der Waals surface area contributed by atoms with Crippen LogP contribution in [0.1, 0.15) is 6.42 Å². The van der Waals surface area contributed by atoms with Gasteiger partial charge in [-0.15, -0.1) is 0 Å². The van der Waals surface area contributed by atoms with Gasteiger partial charge < -0.3 is 15.6 Å². The number of nitrogens with one attached hydrogen (secondary N) is 1. The minimum Gasteiger partial charge on any atom is -0.369 e. The van der Waals surface area contributed by atoms with Crippen molar-refractivity contribution < 1.29 is 9.59 Å². The van der Waals surface area contributed by atoms with Crippen LogP contribution in [0.25, 0.3) is 0 Å². The van der Waals surface area contributed by atoms with Crippen LogP contribution in [-0.4, -0.2) is 23.3 Å². The van der Waals surface area contributed by atoms with Gasteiger partial charge in [0.25, 0.3) is 5.56 Å². The number of amides is 2. The molecule has 90 valence electrons. The fourth-order valence-corrected chi connectivity index (χ4v) is 2.11. The zero-order valence-corrected chi connectivity index (χ0v) is 10.4. The molecule has 0 radical (unpaired) electrons. The van der Waals surface area contributed by atoms with Crippen LogP contribution in [0.15, 0.2) is 21.5 Å². The molecule has 1 aliphatic rings. The van der Waals surface area contributed by atoms with E-state index in [1.54, 1.807) is 6.07 Å². The van der Waals surface area contributed by atoms with E-state index in [1.807, 2.05) is 0 Å². The molecule has 2 amide bonds. The zero-order chi connectivity index (χ0) is 12.6. The van der Waals surface area contributed by atoms with Gasteiger partial charge >= 0.3 is 0 Å². The normalized spacial score (nSPS) is 19.7. The molecule has 1 aliphatic heterocycles. The zero-order valence-electron chi connectivity index (χ0n) is 8.77. The molecule has 1 aromatic rings. The second-order valence-electron chi connectivity index (χ2n) is 3.84. The van der Waals surface area contributed by atoms with Gasteiger partial charge in [-0.1, -0.05) is 0 Å². The first kappa shape index (κ1) is 11.8. The van der Waals surface area contributed by atoms with Crippen molar-refractivity contribution in [2.45, 2.75) is 6.42 Å². The summed E-state index contributed by atoms with van der Waals surface area (Å²) in [6.07, 6.45) is 1.54. The maximum atomic E-state index is 11.7. The van der Waals surface area contributed by atoms with Gasteiger partial charge in [0.15, 0.2) is 0 Å². The highest BCUT2D eigenvalue weighted by Gasteiger charge is 2.35. The van der Waals surface area contributed by atoms with Crippen LogP contribution in [0.3, 0.4) is 0 Å². The molecule has 1 aromatic heterocycles. The standard InChI is InChI=1S/C10H10BrN3O3/c11-6-2-7(10(17)13-3-6)14-4-5(9(12)16)1-8(14)15/h2-3,5H,1,4H2,(H2,12,16)(H,13,17). The Morgan fingerprint density at radius 1 is 1.53 bits per heavy atom. The number of anilines is 1. The van der Waals surface area contributed by atoms with E-state index in [9.17, 15) is 14.4 Å². The number of carbonyl (C=O) groups excluding carboxylic acids is 2. The molecule has 6 nitrogen and oxygen atoms in total. The van der Waals surface area contributed by atoms with Crippen LogP contribution in [0, 0.1) is 5.92 Å². The van der Waals surface area contributed by atoms with E-state index in [-0.39, 0.29) is 30.1 Å². The number of nitrogens with two attached hydrogens (primary N) is 1. The first-order valence-corrected chi connectivity index (χ1v) is 5.76. The van der Waals surface area contributed by atoms with Crippen molar-refractivity contribution in [3.63, 3.8) is 0 Å². The number of H-pyrrole nitrogens is 1. The highest BCUT2D eigenvalue weighted by molar-refractivity contribution is 9.10. The largest absolute Gasteiger partial charge is 0.369 e. The van der Waals surface area contributed by atoms with E-state index in [0.29, 0.717) is 4.47 Å². The number of rotatable bonds is 2. The summed E-state index contributed by atoms with van der Waals surface area (Å²) in [5.74, 6) is -1.31. The second kappa shape index (κ2) is 4.33. The molecule has 2 rings (SSSR count). The molecule has 3 N–H and O–H groups in total. The van der Waals surface area contributed by atoms with E-state index >= 15 is 0 Å². The van der Waals surface area contributed by atoms with Gasteiger partial charge in [-0.25, -0.2) is 0 Å². The van der Waals surface area contributed by atoms with E-state index in [4.69, 9.17) is 5.73 Å². The number of halogens is 1. The van der Waals surface area contributed by atoms with Gasteiger partial charge in [0.2, 0.25) is 11.8 Å². The number of hydrogen-bond donors (Lipinski definition) is 2. The van der Waals surface area contributed by atoms with Gasteiger partial charge in [0, 0.05) is 23.6 Å². The molecular formula is C10H10BrN3O3. The van der Waals surface area contributed by atoms with Crippen LogP contribution in [0.4, 0.5) is 5.69 Å². The average Bonchev–Trinajstić information content (AvgIpc) is 2.64. The maximum Gasteiger partial charge on any atom is 0.271 e. The SMILES string of the molecule is NC(=O)C1CC(=O)N(c2cc(Br)c[nH]c2=O)C1. The van der Waals surface area contributed by atoms with Crippen molar-refractivity contribution in [1.82, 2.24) is 4.98 Å². The summed E-state index contributed by atoms with van der Waals surface area (Å²) in [5, 5.41) is 0. The quantitative estimate of drug-likeness (QED) is 0.803. The molecule has 1 unspecified atom stereocenters. The molecule has 0 saturated carbocycles. The Labute approximate surface area is 105 Å². The Bertz CT molecular complexity index is 540. The molecule has 0 aliphatic carbocycles. The lowest BCUT2D eigenvalue weighted by molar-refractivity contribution is -0.123. The minimum atomic E-state index is -0.527. The smallest absolute Gasteiger partial charge is 0.271 e. The Hall–Kier alpha value is -1.63. The molecule has 17 heavy (non-hydrogen) atoms. The summed E-state index contributed by atoms with van der Waals surface area (Å²) in [4.78, 5) is 38.1. The van der Waals surface area contributed by atoms with Crippen LogP contribution < -0.4 is 16.2 Å². The molecule has 1 saturated heterocycles. The Morgan fingerprint density at radius 2 is 2.24 bits per heavy atom. The van der Waals surface area contributed by atoms with Gasteiger partial charge in [0.05, 0.1) is 5.92 Å². The minimum absolute atomic E-state index is 0.0568. The number of primary amides is 1. The number of carbonyl (C=O) groups is 2. The topological polar surface area (TPSA) is 96.3 Å². The second-order valence-corrected chi connectivity index (χ2v) is 4.76. The molecule has 0 bridgehead atoms. The summed E-state index contributed by atoms with van der Waals surface area (Å²) in [7, 11) is 0. The predicted molar refractivity (Wildman–Crippen MR) is 64.4 cm³/mol. The molecular weight excluding hydrogens is 290 g/mol. The highest BCUT2D eigenvalue weighted by Crippen LogP contribution is 2.23.